The van der Waals surface area contributed by atoms with Crippen molar-refractivity contribution in [2.75, 3.05) is 5.32 Å². The Kier molecular flexibility index (Phi) is 5.24. The van der Waals surface area contributed by atoms with Crippen LogP contribution < -0.4 is 5.32 Å². The number of hydrogen-bond acceptors (Lipinski definition) is 5. The number of alkyl halides is 1. The van der Waals surface area contributed by atoms with Crippen LogP contribution in [0.25, 0.3) is 16.3 Å². The average Bonchev–Trinajstić information content (AvgIpc) is 3.19. The molecule has 0 aliphatic carbocycles. The van der Waals surface area contributed by atoms with Gasteiger partial charge in [0.1, 0.15) is 34.5 Å². The van der Waals surface area contributed by atoms with Gasteiger partial charge in [-0.05, 0) is 19.1 Å². The number of rotatable bonds is 4. The molecule has 0 spiro atoms. The second kappa shape index (κ2) is 7.25. The molecule has 0 fully saturated rings. The predicted octanol–water partition coefficient (Wildman–Crippen LogP) is 4.40. The fourth-order valence-corrected chi connectivity index (χ4v) is 3.36. The van der Waals surface area contributed by atoms with E-state index in [4.69, 9.17) is 34.8 Å². The van der Waals surface area contributed by atoms with Gasteiger partial charge >= 0.3 is 0 Å². The molecule has 0 bridgehead atoms. The summed E-state index contributed by atoms with van der Waals surface area (Å²) in [5.41, 5.74) is 0.637. The first-order chi connectivity index (χ1) is 11.9. The molecule has 2 heterocycles. The van der Waals surface area contributed by atoms with Gasteiger partial charge in [0.25, 0.3) is 0 Å². The van der Waals surface area contributed by atoms with Gasteiger partial charge < -0.3 is 5.32 Å². The number of nitrogens with zero attached hydrogens (tertiary/aromatic N) is 4. The average molecular weight is 421 g/mol. The van der Waals surface area contributed by atoms with Gasteiger partial charge in [-0.15, -0.1) is 11.6 Å². The summed E-state index contributed by atoms with van der Waals surface area (Å²) in [6, 6.07) is 2.47. The summed E-state index contributed by atoms with van der Waals surface area (Å²) in [6.45, 7) is 1.54. The maximum absolute atomic E-state index is 13.9. The van der Waals surface area contributed by atoms with Crippen LogP contribution in [0.4, 0.5) is 9.52 Å². The summed E-state index contributed by atoms with van der Waals surface area (Å²) < 4.78 is 15.3. The second-order valence-electron chi connectivity index (χ2n) is 4.86. The molecule has 1 aromatic carbocycles. The number of carbonyl (C=O) groups excluding carboxylic acids is 1. The molecule has 11 heteroatoms. The quantitative estimate of drug-likeness (QED) is 0.501. The van der Waals surface area contributed by atoms with E-state index in [1.54, 1.807) is 0 Å². The van der Waals surface area contributed by atoms with Crippen molar-refractivity contribution >= 4 is 57.2 Å². The van der Waals surface area contributed by atoms with E-state index in [0.717, 1.165) is 11.3 Å². The highest BCUT2D eigenvalue weighted by atomic mass is 35.5. The number of benzene rings is 1. The molecule has 0 aliphatic rings. The standard InChI is InChI=1S/C14H9Cl3FN5OS/c1-6(15)12(24)22-14-21-11(13(25-14)23-5-19-4-20-23)7-2-10(18)9(17)3-8(7)16/h2-6H,1H3,(H,21,22,24). The molecule has 0 aliphatic heterocycles. The Balaban J connectivity index is 2.13. The fraction of sp³-hybridized carbons (Fsp3) is 0.143. The Hall–Kier alpha value is -1.74. The lowest BCUT2D eigenvalue weighted by Crippen LogP contribution is -2.20. The van der Waals surface area contributed by atoms with Crippen LogP contribution in [-0.2, 0) is 4.79 Å². The van der Waals surface area contributed by atoms with Crippen LogP contribution in [0, 0.1) is 5.82 Å². The van der Waals surface area contributed by atoms with Gasteiger partial charge in [0.15, 0.2) is 5.13 Å². The van der Waals surface area contributed by atoms with Crippen LogP contribution in [0.1, 0.15) is 6.92 Å². The predicted molar refractivity (Wildman–Crippen MR) is 96.4 cm³/mol. The molecular weight excluding hydrogens is 412 g/mol. The van der Waals surface area contributed by atoms with Crippen LogP contribution in [-0.4, -0.2) is 31.0 Å². The molecule has 0 saturated carbocycles. The number of amides is 1. The van der Waals surface area contributed by atoms with Crippen molar-refractivity contribution in [2.45, 2.75) is 12.3 Å². The van der Waals surface area contributed by atoms with Gasteiger partial charge in [-0.3, -0.25) is 4.79 Å². The minimum atomic E-state index is -0.737. The fourth-order valence-electron chi connectivity index (χ4n) is 1.92. The van der Waals surface area contributed by atoms with Gasteiger partial charge in [0.2, 0.25) is 5.91 Å². The van der Waals surface area contributed by atoms with Crippen LogP contribution >= 0.6 is 46.1 Å². The minimum Gasteiger partial charge on any atom is -0.301 e. The van der Waals surface area contributed by atoms with Gasteiger partial charge in [-0.1, -0.05) is 34.5 Å². The summed E-state index contributed by atoms with van der Waals surface area (Å²) in [6.07, 6.45) is 2.79. The van der Waals surface area contributed by atoms with Crippen molar-refractivity contribution in [2.24, 2.45) is 0 Å². The van der Waals surface area contributed by atoms with Crippen molar-refractivity contribution in [1.82, 2.24) is 19.7 Å². The third kappa shape index (κ3) is 3.77. The summed E-state index contributed by atoms with van der Waals surface area (Å²) in [7, 11) is 0. The Morgan fingerprint density at radius 2 is 2.12 bits per heavy atom. The molecule has 6 nitrogen and oxygen atoms in total. The van der Waals surface area contributed by atoms with Gasteiger partial charge in [-0.25, -0.2) is 19.0 Å². The number of hydrogen-bond donors (Lipinski definition) is 1. The van der Waals surface area contributed by atoms with E-state index < -0.39 is 17.1 Å². The molecule has 3 rings (SSSR count). The molecule has 1 atom stereocenters. The molecule has 130 valence electrons. The lowest BCUT2D eigenvalue weighted by atomic mass is 10.1. The highest BCUT2D eigenvalue weighted by Crippen LogP contribution is 2.39. The van der Waals surface area contributed by atoms with Crippen LogP contribution in [0.5, 0.6) is 0 Å². The molecule has 25 heavy (non-hydrogen) atoms. The third-order valence-corrected chi connectivity index (χ3v) is 4.85. The lowest BCUT2D eigenvalue weighted by Gasteiger charge is -2.05. The first-order valence-corrected chi connectivity index (χ1v) is 8.83. The van der Waals surface area contributed by atoms with E-state index in [-0.39, 0.29) is 15.2 Å². The van der Waals surface area contributed by atoms with Crippen LogP contribution in [0.3, 0.4) is 0 Å². The third-order valence-electron chi connectivity index (χ3n) is 3.09. The summed E-state index contributed by atoms with van der Waals surface area (Å²) >= 11 is 18.8. The molecule has 1 unspecified atom stereocenters. The number of anilines is 1. The highest BCUT2D eigenvalue weighted by molar-refractivity contribution is 7.18. The van der Waals surface area contributed by atoms with Crippen molar-refractivity contribution in [3.8, 4) is 16.3 Å². The molecule has 1 N–H and O–H groups in total. The summed E-state index contributed by atoms with van der Waals surface area (Å²) in [5.74, 6) is -1.06. The first kappa shape index (κ1) is 18.1. The first-order valence-electron chi connectivity index (χ1n) is 6.82. The maximum atomic E-state index is 13.9. The van der Waals surface area contributed by atoms with Crippen LogP contribution in [0.2, 0.25) is 10.0 Å². The number of nitrogens with one attached hydrogen (secondary N) is 1. The largest absolute Gasteiger partial charge is 0.301 e. The van der Waals surface area contributed by atoms with Gasteiger partial charge in [-0.2, -0.15) is 5.10 Å². The summed E-state index contributed by atoms with van der Waals surface area (Å²) in [5, 5.41) is 6.77. The van der Waals surface area contributed by atoms with E-state index in [9.17, 15) is 9.18 Å². The lowest BCUT2D eigenvalue weighted by molar-refractivity contribution is -0.115. The van der Waals surface area contributed by atoms with Crippen molar-refractivity contribution in [3.05, 3.63) is 40.6 Å². The number of thiazole rings is 1. The molecular formula is C14H9Cl3FN5OS. The SMILES string of the molecule is CC(Cl)C(=O)Nc1nc(-c2cc(F)c(Cl)cc2Cl)c(-n2cncn2)s1. The Bertz CT molecular complexity index is 929. The van der Waals surface area contributed by atoms with Gasteiger partial charge in [0.05, 0.1) is 10.0 Å². The molecule has 3 aromatic rings. The van der Waals surface area contributed by atoms with E-state index in [2.05, 4.69) is 20.4 Å². The van der Waals surface area contributed by atoms with E-state index in [0.29, 0.717) is 16.3 Å². The zero-order chi connectivity index (χ0) is 18.1. The number of halogens is 4. The Labute approximate surface area is 160 Å². The van der Waals surface area contributed by atoms with Crippen molar-refractivity contribution in [3.63, 3.8) is 0 Å². The molecule has 2 aromatic heterocycles. The smallest absolute Gasteiger partial charge is 0.243 e. The van der Waals surface area contributed by atoms with Crippen molar-refractivity contribution in [1.29, 1.82) is 0 Å². The Morgan fingerprint density at radius 1 is 1.36 bits per heavy atom. The van der Waals surface area contributed by atoms with E-state index >= 15 is 0 Å². The molecule has 0 radical (unpaired) electrons. The second-order valence-corrected chi connectivity index (χ2v) is 7.31. The maximum Gasteiger partial charge on any atom is 0.243 e. The highest BCUT2D eigenvalue weighted by Gasteiger charge is 2.21. The van der Waals surface area contributed by atoms with E-state index in [1.807, 2.05) is 0 Å². The minimum absolute atomic E-state index is 0.101. The monoisotopic (exact) mass is 419 g/mol. The normalized spacial score (nSPS) is 12.2. The zero-order valence-electron chi connectivity index (χ0n) is 12.5. The van der Waals surface area contributed by atoms with E-state index in [1.165, 1.54) is 36.4 Å². The number of carbonyl (C=O) groups is 1. The Morgan fingerprint density at radius 3 is 2.76 bits per heavy atom. The van der Waals surface area contributed by atoms with Gasteiger partial charge in [0, 0.05) is 5.56 Å². The van der Waals surface area contributed by atoms with Crippen LogP contribution in [0.15, 0.2) is 24.8 Å². The zero-order valence-corrected chi connectivity index (χ0v) is 15.6. The topological polar surface area (TPSA) is 72.7 Å². The summed E-state index contributed by atoms with van der Waals surface area (Å²) in [4.78, 5) is 20.0. The molecule has 1 amide bonds. The van der Waals surface area contributed by atoms with Crippen molar-refractivity contribution < 1.29 is 9.18 Å². The number of aromatic nitrogens is 4. The molecule has 0 saturated heterocycles.